The van der Waals surface area contributed by atoms with Crippen molar-refractivity contribution in [1.29, 1.82) is 0 Å². The van der Waals surface area contributed by atoms with Crippen LogP contribution in [-0.4, -0.2) is 25.0 Å². The Balaban J connectivity index is 0.00000529. The molecule has 7 heteroatoms. The Hall–Kier alpha value is -1.11. The van der Waals surface area contributed by atoms with E-state index in [4.69, 9.17) is 10.5 Å². The second-order valence-corrected chi connectivity index (χ2v) is 7.27. The van der Waals surface area contributed by atoms with Crippen LogP contribution in [0.15, 0.2) is 22.7 Å². The van der Waals surface area contributed by atoms with Gasteiger partial charge in [0, 0.05) is 4.47 Å². The Kier molecular flexibility index (Phi) is 9.55. The molecule has 0 saturated carbocycles. The van der Waals surface area contributed by atoms with Crippen molar-refractivity contribution in [2.45, 2.75) is 45.6 Å². The predicted molar refractivity (Wildman–Crippen MR) is 101 cm³/mol. The highest BCUT2D eigenvalue weighted by Crippen LogP contribution is 2.30. The van der Waals surface area contributed by atoms with Crippen LogP contribution in [-0.2, 0) is 19.7 Å². The predicted octanol–water partition coefficient (Wildman–Crippen LogP) is 3.24. The van der Waals surface area contributed by atoms with Crippen LogP contribution in [0.1, 0.15) is 51.3 Å². The third-order valence-corrected chi connectivity index (χ3v) is 3.84. The van der Waals surface area contributed by atoms with Crippen molar-refractivity contribution in [2.75, 3.05) is 13.2 Å². The zero-order valence-electron chi connectivity index (χ0n) is 14.5. The first-order chi connectivity index (χ1) is 10.7. The monoisotopic (exact) mass is 420 g/mol. The van der Waals surface area contributed by atoms with E-state index < -0.39 is 6.04 Å². The van der Waals surface area contributed by atoms with Gasteiger partial charge in [-0.3, -0.25) is 9.59 Å². The van der Waals surface area contributed by atoms with Gasteiger partial charge in [0.1, 0.15) is 0 Å². The summed E-state index contributed by atoms with van der Waals surface area (Å²) in [5.41, 5.74) is 7.28. The average Bonchev–Trinajstić information content (AvgIpc) is 2.45. The molecule has 0 unspecified atom stereocenters. The zero-order chi connectivity index (χ0) is 17.6. The minimum Gasteiger partial charge on any atom is -0.466 e. The maximum atomic E-state index is 11.8. The Morgan fingerprint density at radius 3 is 2.42 bits per heavy atom. The molecule has 0 aliphatic carbocycles. The Morgan fingerprint density at radius 1 is 1.29 bits per heavy atom. The molecule has 0 aliphatic rings. The summed E-state index contributed by atoms with van der Waals surface area (Å²) in [5.74, 6) is -0.663. The number of rotatable bonds is 6. The van der Waals surface area contributed by atoms with Gasteiger partial charge in [0.05, 0.1) is 25.6 Å². The van der Waals surface area contributed by atoms with Crippen molar-refractivity contribution in [3.8, 4) is 0 Å². The highest BCUT2D eigenvalue weighted by atomic mass is 79.9. The van der Waals surface area contributed by atoms with Gasteiger partial charge in [0.2, 0.25) is 5.91 Å². The van der Waals surface area contributed by atoms with Gasteiger partial charge in [-0.05, 0) is 35.6 Å². The quantitative estimate of drug-likeness (QED) is 0.691. The number of halogens is 2. The van der Waals surface area contributed by atoms with Crippen molar-refractivity contribution < 1.29 is 14.3 Å². The summed E-state index contributed by atoms with van der Waals surface area (Å²) in [4.78, 5) is 23.5. The summed E-state index contributed by atoms with van der Waals surface area (Å²) < 4.78 is 5.90. The topological polar surface area (TPSA) is 81.4 Å². The molecular weight excluding hydrogens is 396 g/mol. The number of nitrogens with two attached hydrogens (primary N) is 1. The highest BCUT2D eigenvalue weighted by molar-refractivity contribution is 9.10. The summed E-state index contributed by atoms with van der Waals surface area (Å²) in [6, 6.07) is 5.47. The molecule has 136 valence electrons. The summed E-state index contributed by atoms with van der Waals surface area (Å²) in [5, 5.41) is 2.79. The minimum atomic E-state index is -0.469. The summed E-state index contributed by atoms with van der Waals surface area (Å²) in [6.07, 6.45) is 0.0691. The molecule has 1 amide bonds. The third kappa shape index (κ3) is 7.20. The van der Waals surface area contributed by atoms with Crippen LogP contribution in [0.25, 0.3) is 0 Å². The maximum Gasteiger partial charge on any atom is 0.308 e. The number of carbonyl (C=O) groups excluding carboxylic acids is 2. The van der Waals surface area contributed by atoms with Gasteiger partial charge in [-0.25, -0.2) is 0 Å². The van der Waals surface area contributed by atoms with E-state index in [2.05, 4.69) is 42.0 Å². The van der Waals surface area contributed by atoms with E-state index in [0.29, 0.717) is 6.61 Å². The number of hydrogen-bond acceptors (Lipinski definition) is 4. The summed E-state index contributed by atoms with van der Waals surface area (Å²) in [7, 11) is 0. The van der Waals surface area contributed by atoms with E-state index >= 15 is 0 Å². The second-order valence-electron chi connectivity index (χ2n) is 6.36. The SMILES string of the molecule is CCOC(=O)C[C@H](NC(=O)CN)c1cc(Br)cc(C(C)(C)C)c1.Cl. The van der Waals surface area contributed by atoms with Crippen LogP contribution in [0.5, 0.6) is 0 Å². The number of nitrogens with one attached hydrogen (secondary N) is 1. The van der Waals surface area contributed by atoms with E-state index in [9.17, 15) is 9.59 Å². The molecule has 1 rings (SSSR count). The molecule has 0 saturated heterocycles. The fourth-order valence-corrected chi connectivity index (χ4v) is 2.65. The lowest BCUT2D eigenvalue weighted by atomic mass is 9.85. The van der Waals surface area contributed by atoms with Crippen molar-refractivity contribution in [3.63, 3.8) is 0 Å². The smallest absolute Gasteiger partial charge is 0.308 e. The molecule has 0 radical (unpaired) electrons. The molecule has 24 heavy (non-hydrogen) atoms. The van der Waals surface area contributed by atoms with Gasteiger partial charge in [-0.15, -0.1) is 12.4 Å². The van der Waals surface area contributed by atoms with E-state index in [1.165, 1.54) is 0 Å². The van der Waals surface area contributed by atoms with Crippen molar-refractivity contribution in [3.05, 3.63) is 33.8 Å². The molecule has 1 aromatic carbocycles. The molecule has 0 spiro atoms. The molecule has 1 atom stereocenters. The molecule has 0 aliphatic heterocycles. The number of ether oxygens (including phenoxy) is 1. The van der Waals surface area contributed by atoms with Crippen LogP contribution >= 0.6 is 28.3 Å². The molecule has 0 aromatic heterocycles. The van der Waals surface area contributed by atoms with Crippen LogP contribution in [0.2, 0.25) is 0 Å². The van der Waals surface area contributed by atoms with E-state index in [-0.39, 0.29) is 42.7 Å². The lowest BCUT2D eigenvalue weighted by Crippen LogP contribution is -2.35. The minimum absolute atomic E-state index is 0. The van der Waals surface area contributed by atoms with Gasteiger partial charge >= 0.3 is 5.97 Å². The lowest BCUT2D eigenvalue weighted by molar-refractivity contribution is -0.143. The van der Waals surface area contributed by atoms with Gasteiger partial charge in [0.25, 0.3) is 0 Å². The maximum absolute atomic E-state index is 11.8. The largest absolute Gasteiger partial charge is 0.466 e. The number of hydrogen-bond donors (Lipinski definition) is 2. The molecule has 0 bridgehead atoms. The molecule has 1 aromatic rings. The Labute approximate surface area is 158 Å². The highest BCUT2D eigenvalue weighted by Gasteiger charge is 2.22. The van der Waals surface area contributed by atoms with Gasteiger partial charge in [-0.1, -0.05) is 42.8 Å². The zero-order valence-corrected chi connectivity index (χ0v) is 16.9. The molecule has 0 heterocycles. The van der Waals surface area contributed by atoms with E-state index in [0.717, 1.165) is 15.6 Å². The van der Waals surface area contributed by atoms with Gasteiger partial charge in [-0.2, -0.15) is 0 Å². The van der Waals surface area contributed by atoms with E-state index in [1.54, 1.807) is 6.92 Å². The Morgan fingerprint density at radius 2 is 1.92 bits per heavy atom. The summed E-state index contributed by atoms with van der Waals surface area (Å²) in [6.45, 7) is 8.26. The summed E-state index contributed by atoms with van der Waals surface area (Å²) >= 11 is 3.50. The normalized spacial score (nSPS) is 12.1. The second kappa shape index (κ2) is 10.0. The van der Waals surface area contributed by atoms with Crippen molar-refractivity contribution in [1.82, 2.24) is 5.32 Å². The van der Waals surface area contributed by atoms with Crippen molar-refractivity contribution >= 4 is 40.2 Å². The standard InChI is InChI=1S/C17H25BrN2O3.ClH/c1-5-23-16(22)9-14(20-15(21)10-19)11-6-12(17(2,3)4)8-13(18)7-11;/h6-8,14H,5,9-10,19H2,1-4H3,(H,20,21);1H/t14-;/m0./s1. The van der Waals surface area contributed by atoms with Gasteiger partial charge < -0.3 is 15.8 Å². The number of carbonyl (C=O) groups is 2. The Bertz CT molecular complexity index is 573. The van der Waals surface area contributed by atoms with E-state index in [1.807, 2.05) is 18.2 Å². The first kappa shape index (κ1) is 22.9. The lowest BCUT2D eigenvalue weighted by Gasteiger charge is -2.24. The molecule has 0 fully saturated rings. The number of amides is 1. The molecular formula is C17H26BrClN2O3. The van der Waals surface area contributed by atoms with Crippen LogP contribution in [0, 0.1) is 0 Å². The van der Waals surface area contributed by atoms with Crippen molar-refractivity contribution in [2.24, 2.45) is 5.73 Å². The average molecular weight is 422 g/mol. The van der Waals surface area contributed by atoms with Crippen LogP contribution in [0.4, 0.5) is 0 Å². The first-order valence-electron chi connectivity index (χ1n) is 7.63. The van der Waals surface area contributed by atoms with Crippen LogP contribution < -0.4 is 11.1 Å². The molecule has 3 N–H and O–H groups in total. The van der Waals surface area contributed by atoms with Gasteiger partial charge in [0.15, 0.2) is 0 Å². The van der Waals surface area contributed by atoms with Crippen LogP contribution in [0.3, 0.4) is 0 Å². The number of esters is 1. The fourth-order valence-electron chi connectivity index (χ4n) is 2.14. The number of benzene rings is 1. The molecule has 5 nitrogen and oxygen atoms in total. The third-order valence-electron chi connectivity index (χ3n) is 3.39. The fraction of sp³-hybridized carbons (Fsp3) is 0.529. The first-order valence-corrected chi connectivity index (χ1v) is 8.42.